The van der Waals surface area contributed by atoms with E-state index < -0.39 is 0 Å². The Balaban J connectivity index is 2.81. The molecule has 1 atom stereocenters. The van der Waals surface area contributed by atoms with Crippen molar-refractivity contribution in [2.45, 2.75) is 17.3 Å². The molecular formula is C9H14N4O2S. The zero-order valence-corrected chi connectivity index (χ0v) is 10.2. The molecule has 1 unspecified atom stereocenters. The van der Waals surface area contributed by atoms with E-state index in [2.05, 4.69) is 9.97 Å². The number of rotatable bonds is 3. The Morgan fingerprint density at radius 3 is 2.75 bits per heavy atom. The van der Waals surface area contributed by atoms with Gasteiger partial charge in [0.25, 0.3) is 5.56 Å². The zero-order valence-electron chi connectivity index (χ0n) is 9.35. The lowest BCUT2D eigenvalue weighted by Crippen LogP contribution is -2.30. The molecule has 0 saturated carbocycles. The molecule has 1 amide bonds. The number of carbonyl (C=O) groups is 1. The van der Waals surface area contributed by atoms with E-state index in [1.54, 1.807) is 21.0 Å². The van der Waals surface area contributed by atoms with Crippen LogP contribution in [0.4, 0.5) is 5.82 Å². The molecule has 88 valence electrons. The van der Waals surface area contributed by atoms with Crippen LogP contribution in [0.1, 0.15) is 6.92 Å². The summed E-state index contributed by atoms with van der Waals surface area (Å²) in [6.45, 7) is 1.75. The first-order chi connectivity index (χ1) is 7.40. The second-order valence-electron chi connectivity index (χ2n) is 3.47. The number of carbonyl (C=O) groups excluding carboxylic acids is 1. The lowest BCUT2D eigenvalue weighted by Gasteiger charge is -2.15. The SMILES string of the molecule is CC(Sc1nc(N)cc(=O)[nH]1)C(=O)N(C)C. The maximum atomic E-state index is 11.6. The summed E-state index contributed by atoms with van der Waals surface area (Å²) in [7, 11) is 3.35. The summed E-state index contributed by atoms with van der Waals surface area (Å²) in [4.78, 5) is 30.6. The fourth-order valence-corrected chi connectivity index (χ4v) is 2.05. The van der Waals surface area contributed by atoms with Crippen LogP contribution < -0.4 is 11.3 Å². The standard InChI is InChI=1S/C9H14N4O2S/c1-5(8(15)13(2)3)16-9-11-6(10)4-7(14)12-9/h4-5H,1-3H3,(H3,10,11,12,14). The predicted molar refractivity (Wildman–Crippen MR) is 63.3 cm³/mol. The third-order valence-electron chi connectivity index (χ3n) is 1.82. The predicted octanol–water partition coefficient (Wildman–Crippen LogP) is -0.0791. The van der Waals surface area contributed by atoms with Gasteiger partial charge in [0.2, 0.25) is 5.91 Å². The molecule has 0 radical (unpaired) electrons. The highest BCUT2D eigenvalue weighted by Gasteiger charge is 2.17. The average Bonchev–Trinajstić information content (AvgIpc) is 2.14. The number of nitrogen functional groups attached to an aromatic ring is 1. The Kier molecular flexibility index (Phi) is 3.94. The molecule has 0 spiro atoms. The van der Waals surface area contributed by atoms with Gasteiger partial charge in [0.1, 0.15) is 5.82 Å². The molecule has 1 aromatic rings. The van der Waals surface area contributed by atoms with E-state index in [4.69, 9.17) is 5.73 Å². The zero-order chi connectivity index (χ0) is 12.3. The third kappa shape index (κ3) is 3.27. The molecule has 0 fully saturated rings. The van der Waals surface area contributed by atoms with E-state index in [9.17, 15) is 9.59 Å². The highest BCUT2D eigenvalue weighted by Crippen LogP contribution is 2.19. The molecule has 0 aliphatic carbocycles. The maximum absolute atomic E-state index is 11.6. The average molecular weight is 242 g/mol. The van der Waals surface area contributed by atoms with Gasteiger partial charge in [-0.15, -0.1) is 0 Å². The number of anilines is 1. The number of hydrogen-bond donors (Lipinski definition) is 2. The third-order valence-corrected chi connectivity index (χ3v) is 2.79. The number of amides is 1. The molecule has 16 heavy (non-hydrogen) atoms. The van der Waals surface area contributed by atoms with Crippen LogP contribution in [0.25, 0.3) is 0 Å². The summed E-state index contributed by atoms with van der Waals surface area (Å²) in [5.41, 5.74) is 5.11. The van der Waals surface area contributed by atoms with Gasteiger partial charge in [0.15, 0.2) is 5.16 Å². The Morgan fingerprint density at radius 1 is 1.62 bits per heavy atom. The monoisotopic (exact) mass is 242 g/mol. The van der Waals surface area contributed by atoms with Crippen LogP contribution in [0.2, 0.25) is 0 Å². The second-order valence-corrected chi connectivity index (χ2v) is 4.80. The van der Waals surface area contributed by atoms with Crippen molar-refractivity contribution in [3.05, 3.63) is 16.4 Å². The van der Waals surface area contributed by atoms with E-state index >= 15 is 0 Å². The Bertz CT molecular complexity index is 443. The van der Waals surface area contributed by atoms with Gasteiger partial charge in [-0.25, -0.2) is 4.98 Å². The van der Waals surface area contributed by atoms with Crippen LogP contribution in [0.15, 0.2) is 16.0 Å². The second kappa shape index (κ2) is 5.02. The van der Waals surface area contributed by atoms with Crippen molar-refractivity contribution in [3.8, 4) is 0 Å². The summed E-state index contributed by atoms with van der Waals surface area (Å²) in [5.74, 6) is 0.103. The molecule has 7 heteroatoms. The number of aromatic amines is 1. The van der Waals surface area contributed by atoms with Gasteiger partial charge in [-0.05, 0) is 6.92 Å². The van der Waals surface area contributed by atoms with E-state index in [1.807, 2.05) is 0 Å². The highest BCUT2D eigenvalue weighted by atomic mass is 32.2. The fourth-order valence-electron chi connectivity index (χ4n) is 1.09. The van der Waals surface area contributed by atoms with E-state index in [-0.39, 0.29) is 22.5 Å². The number of nitrogens with one attached hydrogen (secondary N) is 1. The Morgan fingerprint density at radius 2 is 2.25 bits per heavy atom. The minimum atomic E-state index is -0.320. The van der Waals surface area contributed by atoms with E-state index in [0.717, 1.165) is 0 Å². The van der Waals surface area contributed by atoms with Crippen LogP contribution in [0.5, 0.6) is 0 Å². The van der Waals surface area contributed by atoms with E-state index in [1.165, 1.54) is 22.7 Å². The van der Waals surface area contributed by atoms with Crippen molar-refractivity contribution in [2.75, 3.05) is 19.8 Å². The quantitative estimate of drug-likeness (QED) is 0.571. The number of hydrogen-bond acceptors (Lipinski definition) is 5. The summed E-state index contributed by atoms with van der Waals surface area (Å²) in [6.07, 6.45) is 0. The highest BCUT2D eigenvalue weighted by molar-refractivity contribution is 8.00. The molecule has 6 nitrogen and oxygen atoms in total. The van der Waals surface area contributed by atoms with Gasteiger partial charge in [0, 0.05) is 20.2 Å². The van der Waals surface area contributed by atoms with Crippen LogP contribution in [0.3, 0.4) is 0 Å². The molecule has 0 aliphatic heterocycles. The number of H-pyrrole nitrogens is 1. The molecule has 0 aromatic carbocycles. The summed E-state index contributed by atoms with van der Waals surface area (Å²) >= 11 is 1.17. The molecule has 0 aliphatic rings. The van der Waals surface area contributed by atoms with Crippen LogP contribution in [0, 0.1) is 0 Å². The Labute approximate surface area is 97.2 Å². The minimum Gasteiger partial charge on any atom is -0.383 e. The number of nitrogens with two attached hydrogens (primary N) is 1. The lowest BCUT2D eigenvalue weighted by molar-refractivity contribution is -0.127. The molecule has 0 bridgehead atoms. The van der Waals surface area contributed by atoms with Crippen molar-refractivity contribution in [1.29, 1.82) is 0 Å². The van der Waals surface area contributed by atoms with E-state index in [0.29, 0.717) is 5.16 Å². The number of nitrogens with zero attached hydrogens (tertiary/aromatic N) is 2. The van der Waals surface area contributed by atoms with Crippen LogP contribution >= 0.6 is 11.8 Å². The minimum absolute atomic E-state index is 0.0462. The molecular weight excluding hydrogens is 228 g/mol. The summed E-state index contributed by atoms with van der Waals surface area (Å²) < 4.78 is 0. The first-order valence-corrected chi connectivity index (χ1v) is 5.53. The molecule has 0 saturated heterocycles. The van der Waals surface area contributed by atoms with Gasteiger partial charge in [-0.3, -0.25) is 9.59 Å². The smallest absolute Gasteiger partial charge is 0.253 e. The normalized spacial score (nSPS) is 12.2. The van der Waals surface area contributed by atoms with Crippen molar-refractivity contribution in [3.63, 3.8) is 0 Å². The van der Waals surface area contributed by atoms with Gasteiger partial charge < -0.3 is 15.6 Å². The van der Waals surface area contributed by atoms with Gasteiger partial charge in [-0.2, -0.15) is 0 Å². The van der Waals surface area contributed by atoms with Crippen molar-refractivity contribution in [2.24, 2.45) is 0 Å². The van der Waals surface area contributed by atoms with Gasteiger partial charge in [0.05, 0.1) is 5.25 Å². The summed E-state index contributed by atoms with van der Waals surface area (Å²) in [5, 5.41) is 0.0349. The topological polar surface area (TPSA) is 92.1 Å². The maximum Gasteiger partial charge on any atom is 0.253 e. The van der Waals surface area contributed by atoms with Gasteiger partial charge in [-0.1, -0.05) is 11.8 Å². The van der Waals surface area contributed by atoms with Crippen molar-refractivity contribution in [1.82, 2.24) is 14.9 Å². The Hall–Kier alpha value is -1.50. The first kappa shape index (κ1) is 12.6. The number of aromatic nitrogens is 2. The molecule has 1 heterocycles. The van der Waals surface area contributed by atoms with Crippen molar-refractivity contribution >= 4 is 23.5 Å². The molecule has 3 N–H and O–H groups in total. The van der Waals surface area contributed by atoms with Gasteiger partial charge >= 0.3 is 0 Å². The van der Waals surface area contributed by atoms with Crippen LogP contribution in [-0.2, 0) is 4.79 Å². The largest absolute Gasteiger partial charge is 0.383 e. The lowest BCUT2D eigenvalue weighted by atomic mass is 10.4. The summed E-state index contributed by atoms with van der Waals surface area (Å²) in [6, 6.07) is 1.20. The molecule has 1 aromatic heterocycles. The first-order valence-electron chi connectivity index (χ1n) is 4.65. The van der Waals surface area contributed by atoms with Crippen molar-refractivity contribution < 1.29 is 4.79 Å². The number of thioether (sulfide) groups is 1. The fraction of sp³-hybridized carbons (Fsp3) is 0.444. The molecule has 1 rings (SSSR count). The van der Waals surface area contributed by atoms with Crippen LogP contribution in [-0.4, -0.2) is 40.1 Å².